The molecule has 4 heteroatoms. The van der Waals surface area contributed by atoms with E-state index in [1.807, 2.05) is 42.7 Å². The molecule has 17 heavy (non-hydrogen) atoms. The van der Waals surface area contributed by atoms with E-state index in [0.29, 0.717) is 0 Å². The molecular formula is C13H11NO2S. The Morgan fingerprint density at radius 3 is 2.59 bits per heavy atom. The van der Waals surface area contributed by atoms with Gasteiger partial charge in [-0.25, -0.2) is 0 Å². The highest BCUT2D eigenvalue weighted by atomic mass is 32.2. The van der Waals surface area contributed by atoms with Crippen molar-refractivity contribution in [2.45, 2.75) is 4.90 Å². The van der Waals surface area contributed by atoms with Crippen molar-refractivity contribution in [2.75, 3.05) is 6.26 Å². The molecular weight excluding hydrogens is 234 g/mol. The number of rotatable bonds is 3. The Morgan fingerprint density at radius 1 is 1.24 bits per heavy atom. The van der Waals surface area contributed by atoms with Crippen LogP contribution in [0.2, 0.25) is 0 Å². The van der Waals surface area contributed by atoms with Crippen molar-refractivity contribution < 1.29 is 4.92 Å². The number of thioether (sulfide) groups is 1. The van der Waals surface area contributed by atoms with Gasteiger partial charge in [0.25, 0.3) is 0 Å². The van der Waals surface area contributed by atoms with Crippen LogP contribution in [0.4, 0.5) is 0 Å². The average molecular weight is 245 g/mol. The second-order valence-corrected chi connectivity index (χ2v) is 4.35. The first-order valence-electron chi connectivity index (χ1n) is 5.10. The molecule has 0 aliphatic rings. The summed E-state index contributed by atoms with van der Waals surface area (Å²) in [5.74, 6) is 0. The van der Waals surface area contributed by atoms with Gasteiger partial charge in [0.2, 0.25) is 6.20 Å². The van der Waals surface area contributed by atoms with Crippen molar-refractivity contribution in [3.8, 4) is 0 Å². The van der Waals surface area contributed by atoms with Crippen LogP contribution in [0.15, 0.2) is 47.5 Å². The van der Waals surface area contributed by atoms with Gasteiger partial charge in [0.1, 0.15) is 0 Å². The maximum absolute atomic E-state index is 10.4. The Labute approximate surface area is 103 Å². The van der Waals surface area contributed by atoms with E-state index < -0.39 is 4.92 Å². The molecule has 0 amide bonds. The van der Waals surface area contributed by atoms with Crippen molar-refractivity contribution >= 4 is 28.6 Å². The van der Waals surface area contributed by atoms with Crippen LogP contribution in [0.1, 0.15) is 5.56 Å². The minimum absolute atomic E-state index is 0.444. The SMILES string of the molecule is CSc1cccc2cccc(/C=C/[N+](=O)[O-])c12. The highest BCUT2D eigenvalue weighted by molar-refractivity contribution is 7.98. The Balaban J connectivity index is 2.66. The van der Waals surface area contributed by atoms with Gasteiger partial charge in [0, 0.05) is 16.4 Å². The van der Waals surface area contributed by atoms with E-state index in [2.05, 4.69) is 0 Å². The third kappa shape index (κ3) is 2.47. The lowest BCUT2D eigenvalue weighted by molar-refractivity contribution is -0.400. The molecule has 3 nitrogen and oxygen atoms in total. The van der Waals surface area contributed by atoms with Gasteiger partial charge in [-0.05, 0) is 23.3 Å². The molecule has 0 fully saturated rings. The smallest absolute Gasteiger partial charge is 0.235 e. The lowest BCUT2D eigenvalue weighted by Crippen LogP contribution is -1.85. The van der Waals surface area contributed by atoms with Crippen molar-refractivity contribution in [3.05, 3.63) is 58.3 Å². The number of hydrogen-bond donors (Lipinski definition) is 0. The second-order valence-electron chi connectivity index (χ2n) is 3.51. The Morgan fingerprint density at radius 2 is 1.94 bits per heavy atom. The fraction of sp³-hybridized carbons (Fsp3) is 0.0769. The van der Waals surface area contributed by atoms with Gasteiger partial charge in [-0.1, -0.05) is 30.3 Å². The van der Waals surface area contributed by atoms with E-state index in [-0.39, 0.29) is 0 Å². The van der Waals surface area contributed by atoms with Crippen LogP contribution < -0.4 is 0 Å². The molecule has 0 atom stereocenters. The summed E-state index contributed by atoms with van der Waals surface area (Å²) in [5.41, 5.74) is 0.879. The van der Waals surface area contributed by atoms with E-state index in [0.717, 1.165) is 27.4 Å². The molecule has 0 saturated heterocycles. The maximum atomic E-state index is 10.4. The Kier molecular flexibility index (Phi) is 3.44. The summed E-state index contributed by atoms with van der Waals surface area (Å²) >= 11 is 1.64. The number of nitro groups is 1. The Hall–Kier alpha value is -1.81. The zero-order chi connectivity index (χ0) is 12.3. The molecule has 0 aliphatic carbocycles. The first-order chi connectivity index (χ1) is 8.22. The van der Waals surface area contributed by atoms with Crippen LogP contribution in [0, 0.1) is 10.1 Å². The predicted octanol–water partition coefficient (Wildman–Crippen LogP) is 3.81. The van der Waals surface area contributed by atoms with Crippen LogP contribution >= 0.6 is 11.8 Å². The number of nitrogens with zero attached hydrogens (tertiary/aromatic N) is 1. The highest BCUT2D eigenvalue weighted by Gasteiger charge is 2.04. The van der Waals surface area contributed by atoms with Gasteiger partial charge in [-0.2, -0.15) is 0 Å². The molecule has 0 N–H and O–H groups in total. The molecule has 0 radical (unpaired) electrons. The largest absolute Gasteiger partial charge is 0.259 e. The summed E-state index contributed by atoms with van der Waals surface area (Å²) in [5, 5.41) is 12.5. The highest BCUT2D eigenvalue weighted by Crippen LogP contribution is 2.29. The van der Waals surface area contributed by atoms with Gasteiger partial charge in [-0.15, -0.1) is 11.8 Å². The monoisotopic (exact) mass is 245 g/mol. The summed E-state index contributed by atoms with van der Waals surface area (Å²) in [6.07, 6.45) is 4.52. The third-order valence-corrected chi connectivity index (χ3v) is 3.27. The summed E-state index contributed by atoms with van der Waals surface area (Å²) in [4.78, 5) is 11.1. The van der Waals surface area contributed by atoms with Gasteiger partial charge in [-0.3, -0.25) is 10.1 Å². The molecule has 0 spiro atoms. The first-order valence-corrected chi connectivity index (χ1v) is 6.32. The van der Waals surface area contributed by atoms with Crippen LogP contribution in [-0.2, 0) is 0 Å². The molecule has 2 rings (SSSR count). The summed E-state index contributed by atoms with van der Waals surface area (Å²) in [6.45, 7) is 0. The zero-order valence-electron chi connectivity index (χ0n) is 9.29. The molecule has 0 heterocycles. The van der Waals surface area contributed by atoms with E-state index in [1.54, 1.807) is 17.8 Å². The normalized spacial score (nSPS) is 11.1. The lowest BCUT2D eigenvalue weighted by Gasteiger charge is -2.06. The second kappa shape index (κ2) is 5.01. The zero-order valence-corrected chi connectivity index (χ0v) is 10.1. The first kappa shape index (κ1) is 11.7. The minimum Gasteiger partial charge on any atom is -0.259 e. The lowest BCUT2D eigenvalue weighted by atomic mass is 10.0. The van der Waals surface area contributed by atoms with E-state index in [1.165, 1.54) is 0 Å². The van der Waals surface area contributed by atoms with Crippen LogP contribution in [-0.4, -0.2) is 11.2 Å². The fourth-order valence-corrected chi connectivity index (χ4v) is 2.44. The van der Waals surface area contributed by atoms with Gasteiger partial charge < -0.3 is 0 Å². The van der Waals surface area contributed by atoms with E-state index in [4.69, 9.17) is 0 Å². The summed E-state index contributed by atoms with van der Waals surface area (Å²) < 4.78 is 0. The van der Waals surface area contributed by atoms with Crippen molar-refractivity contribution in [1.29, 1.82) is 0 Å². The number of fused-ring (bicyclic) bond motifs is 1. The predicted molar refractivity (Wildman–Crippen MR) is 71.8 cm³/mol. The third-order valence-electron chi connectivity index (χ3n) is 2.49. The molecule has 2 aromatic rings. The summed E-state index contributed by atoms with van der Waals surface area (Å²) in [6, 6.07) is 11.8. The van der Waals surface area contributed by atoms with Crippen LogP contribution in [0.3, 0.4) is 0 Å². The van der Waals surface area contributed by atoms with E-state index >= 15 is 0 Å². The van der Waals surface area contributed by atoms with Crippen molar-refractivity contribution in [1.82, 2.24) is 0 Å². The molecule has 0 aliphatic heterocycles. The van der Waals surface area contributed by atoms with Crippen LogP contribution in [0.5, 0.6) is 0 Å². The van der Waals surface area contributed by atoms with Gasteiger partial charge in [0.05, 0.1) is 4.92 Å². The molecule has 0 saturated carbocycles. The average Bonchev–Trinajstić information content (AvgIpc) is 2.35. The van der Waals surface area contributed by atoms with Crippen molar-refractivity contribution in [3.63, 3.8) is 0 Å². The molecule has 0 aromatic heterocycles. The molecule has 2 aromatic carbocycles. The van der Waals surface area contributed by atoms with Crippen LogP contribution in [0.25, 0.3) is 16.8 Å². The number of hydrogen-bond acceptors (Lipinski definition) is 3. The van der Waals surface area contributed by atoms with Gasteiger partial charge in [0.15, 0.2) is 0 Å². The maximum Gasteiger partial charge on any atom is 0.235 e. The molecule has 0 unspecified atom stereocenters. The van der Waals surface area contributed by atoms with Crippen molar-refractivity contribution in [2.24, 2.45) is 0 Å². The number of benzene rings is 2. The fourth-order valence-electron chi connectivity index (χ4n) is 1.78. The molecule has 0 bridgehead atoms. The minimum atomic E-state index is -0.444. The quantitative estimate of drug-likeness (QED) is 0.469. The van der Waals surface area contributed by atoms with Gasteiger partial charge >= 0.3 is 0 Å². The molecule has 86 valence electrons. The topological polar surface area (TPSA) is 43.1 Å². The van der Waals surface area contributed by atoms with E-state index in [9.17, 15) is 10.1 Å². The summed E-state index contributed by atoms with van der Waals surface area (Å²) in [7, 11) is 0. The standard InChI is InChI=1S/C13H11NO2S/c1-17-12-7-3-6-10-4-2-5-11(13(10)12)8-9-14(15)16/h2-9H,1H3/b9-8+. The Bertz CT molecular complexity index is 588.